The quantitative estimate of drug-likeness (QED) is 0.826. The molecule has 1 aromatic heterocycles. The van der Waals surface area contributed by atoms with E-state index in [1.54, 1.807) is 17.8 Å². The summed E-state index contributed by atoms with van der Waals surface area (Å²) < 4.78 is 1.55. The van der Waals surface area contributed by atoms with Gasteiger partial charge in [0.15, 0.2) is 0 Å². The lowest BCUT2D eigenvalue weighted by atomic mass is 10.1. The molecule has 0 bridgehead atoms. The number of nitrogens with one attached hydrogen (secondary N) is 1. The van der Waals surface area contributed by atoms with Gasteiger partial charge in [-0.25, -0.2) is 0 Å². The van der Waals surface area contributed by atoms with Crippen LogP contribution in [0.25, 0.3) is 0 Å². The minimum atomic E-state index is -0.896. The Kier molecular flexibility index (Phi) is 4.32. The summed E-state index contributed by atoms with van der Waals surface area (Å²) in [6.45, 7) is 5.59. The molecule has 1 heterocycles. The van der Waals surface area contributed by atoms with Crippen LogP contribution in [0, 0.1) is 0 Å². The van der Waals surface area contributed by atoms with Gasteiger partial charge in [0.1, 0.15) is 6.04 Å². The molecule has 2 N–H and O–H groups in total. The van der Waals surface area contributed by atoms with Crippen molar-refractivity contribution in [2.24, 2.45) is 0 Å². The molecule has 0 amide bonds. The van der Waals surface area contributed by atoms with Crippen LogP contribution in [0.1, 0.15) is 26.8 Å². The molecule has 1 rings (SSSR count). The Bertz CT molecular complexity index is 365. The number of carbonyl (C=O) groups is 1. The normalized spacial score (nSPS) is 15.1. The zero-order valence-electron chi connectivity index (χ0n) is 9.51. The summed E-state index contributed by atoms with van der Waals surface area (Å²) >= 11 is 5.74. The molecule has 0 aliphatic heterocycles. The summed E-state index contributed by atoms with van der Waals surface area (Å²) in [5.74, 6) is -0.896. The first-order valence-electron chi connectivity index (χ1n) is 5.10. The standard InChI is InChI=1S/C10H16ClN3O2/c1-6(2)13-9(10(15)16)7(3)14-5-8(11)4-12-14/h4-7,9,13H,1-3H3,(H,15,16). The van der Waals surface area contributed by atoms with Crippen molar-refractivity contribution < 1.29 is 9.90 Å². The Labute approximate surface area is 99.4 Å². The molecule has 0 saturated heterocycles. The minimum Gasteiger partial charge on any atom is -0.480 e. The highest BCUT2D eigenvalue weighted by Gasteiger charge is 2.26. The number of carboxylic acid groups (broad SMARTS) is 1. The summed E-state index contributed by atoms with van der Waals surface area (Å²) in [7, 11) is 0. The highest BCUT2D eigenvalue weighted by atomic mass is 35.5. The number of hydrogen-bond acceptors (Lipinski definition) is 3. The molecule has 0 spiro atoms. The molecule has 2 unspecified atom stereocenters. The fourth-order valence-corrected chi connectivity index (χ4v) is 1.61. The van der Waals surface area contributed by atoms with E-state index in [2.05, 4.69) is 10.4 Å². The second-order valence-corrected chi connectivity index (χ2v) is 4.45. The number of carboxylic acids is 1. The molecule has 0 aromatic carbocycles. The minimum absolute atomic E-state index is 0.0922. The third kappa shape index (κ3) is 3.21. The predicted molar refractivity (Wildman–Crippen MR) is 61.6 cm³/mol. The first-order valence-corrected chi connectivity index (χ1v) is 5.48. The van der Waals surface area contributed by atoms with Crippen LogP contribution in [-0.4, -0.2) is 32.9 Å². The number of halogens is 1. The van der Waals surface area contributed by atoms with Crippen molar-refractivity contribution in [3.63, 3.8) is 0 Å². The maximum Gasteiger partial charge on any atom is 0.322 e. The highest BCUT2D eigenvalue weighted by molar-refractivity contribution is 6.30. The van der Waals surface area contributed by atoms with Gasteiger partial charge in [-0.3, -0.25) is 9.48 Å². The largest absolute Gasteiger partial charge is 0.480 e. The summed E-state index contributed by atoms with van der Waals surface area (Å²) in [6.07, 6.45) is 3.11. The van der Waals surface area contributed by atoms with Crippen LogP contribution in [0.4, 0.5) is 0 Å². The number of hydrogen-bond donors (Lipinski definition) is 2. The van der Waals surface area contributed by atoms with E-state index in [9.17, 15) is 4.79 Å². The van der Waals surface area contributed by atoms with Crippen molar-refractivity contribution in [1.82, 2.24) is 15.1 Å². The number of rotatable bonds is 5. The van der Waals surface area contributed by atoms with Crippen LogP contribution >= 0.6 is 11.6 Å². The SMILES string of the molecule is CC(C)NC(C(=O)O)C(C)n1cc(Cl)cn1. The van der Waals surface area contributed by atoms with Crippen molar-refractivity contribution in [1.29, 1.82) is 0 Å². The molecular formula is C10H16ClN3O2. The fraction of sp³-hybridized carbons (Fsp3) is 0.600. The summed E-state index contributed by atoms with van der Waals surface area (Å²) in [4.78, 5) is 11.1. The van der Waals surface area contributed by atoms with Gasteiger partial charge < -0.3 is 10.4 Å². The maximum absolute atomic E-state index is 11.1. The molecule has 0 aliphatic carbocycles. The number of aliphatic carboxylic acids is 1. The Balaban J connectivity index is 2.82. The van der Waals surface area contributed by atoms with Gasteiger partial charge in [0.05, 0.1) is 17.3 Å². The van der Waals surface area contributed by atoms with Gasteiger partial charge >= 0.3 is 5.97 Å². The van der Waals surface area contributed by atoms with E-state index in [-0.39, 0.29) is 12.1 Å². The van der Waals surface area contributed by atoms with Crippen LogP contribution in [0.15, 0.2) is 12.4 Å². The molecule has 0 saturated carbocycles. The Morgan fingerprint density at radius 3 is 2.56 bits per heavy atom. The Morgan fingerprint density at radius 2 is 2.19 bits per heavy atom. The zero-order valence-corrected chi connectivity index (χ0v) is 10.3. The predicted octanol–water partition coefficient (Wildman–Crippen LogP) is 1.55. The molecule has 0 aliphatic rings. The van der Waals surface area contributed by atoms with Crippen LogP contribution in [-0.2, 0) is 4.79 Å². The first kappa shape index (κ1) is 13.0. The van der Waals surface area contributed by atoms with Crippen LogP contribution in [0.2, 0.25) is 5.02 Å². The van der Waals surface area contributed by atoms with Crippen molar-refractivity contribution in [3.8, 4) is 0 Å². The van der Waals surface area contributed by atoms with Crippen molar-refractivity contribution in [3.05, 3.63) is 17.4 Å². The van der Waals surface area contributed by atoms with E-state index in [0.717, 1.165) is 0 Å². The van der Waals surface area contributed by atoms with Gasteiger partial charge in [0.25, 0.3) is 0 Å². The Morgan fingerprint density at radius 1 is 1.56 bits per heavy atom. The molecule has 1 aromatic rings. The topological polar surface area (TPSA) is 67.2 Å². The van der Waals surface area contributed by atoms with Gasteiger partial charge in [-0.15, -0.1) is 0 Å². The second-order valence-electron chi connectivity index (χ2n) is 4.02. The number of nitrogens with zero attached hydrogens (tertiary/aromatic N) is 2. The van der Waals surface area contributed by atoms with E-state index < -0.39 is 12.0 Å². The van der Waals surface area contributed by atoms with Gasteiger partial charge in [-0.05, 0) is 6.92 Å². The van der Waals surface area contributed by atoms with Gasteiger partial charge in [-0.1, -0.05) is 25.4 Å². The molecule has 6 heteroatoms. The molecule has 16 heavy (non-hydrogen) atoms. The van der Waals surface area contributed by atoms with E-state index in [1.165, 1.54) is 6.20 Å². The number of aromatic nitrogens is 2. The lowest BCUT2D eigenvalue weighted by molar-refractivity contribution is -0.140. The van der Waals surface area contributed by atoms with Crippen molar-refractivity contribution in [2.45, 2.75) is 38.9 Å². The third-order valence-electron chi connectivity index (χ3n) is 2.25. The van der Waals surface area contributed by atoms with Crippen LogP contribution in [0.5, 0.6) is 0 Å². The van der Waals surface area contributed by atoms with E-state index >= 15 is 0 Å². The smallest absolute Gasteiger partial charge is 0.322 e. The van der Waals surface area contributed by atoms with Crippen LogP contribution < -0.4 is 5.32 Å². The molecule has 0 fully saturated rings. The van der Waals surface area contributed by atoms with Gasteiger partial charge in [-0.2, -0.15) is 5.10 Å². The van der Waals surface area contributed by atoms with E-state index in [4.69, 9.17) is 16.7 Å². The average Bonchev–Trinajstić information content (AvgIpc) is 2.59. The average molecular weight is 246 g/mol. The zero-order chi connectivity index (χ0) is 12.3. The van der Waals surface area contributed by atoms with E-state index in [1.807, 2.05) is 13.8 Å². The van der Waals surface area contributed by atoms with Gasteiger partial charge in [0.2, 0.25) is 0 Å². The third-order valence-corrected chi connectivity index (χ3v) is 2.44. The lowest BCUT2D eigenvalue weighted by Gasteiger charge is -2.23. The van der Waals surface area contributed by atoms with Crippen molar-refractivity contribution >= 4 is 17.6 Å². The molecule has 0 radical (unpaired) electrons. The van der Waals surface area contributed by atoms with Gasteiger partial charge in [0, 0.05) is 12.2 Å². The summed E-state index contributed by atoms with van der Waals surface area (Å²) in [6, 6.07) is -0.891. The Hall–Kier alpha value is -1.07. The monoisotopic (exact) mass is 245 g/mol. The molecule has 90 valence electrons. The highest BCUT2D eigenvalue weighted by Crippen LogP contribution is 2.14. The molecular weight excluding hydrogens is 230 g/mol. The molecule has 2 atom stereocenters. The summed E-state index contributed by atoms with van der Waals surface area (Å²) in [5, 5.41) is 16.6. The fourth-order valence-electron chi connectivity index (χ4n) is 1.47. The summed E-state index contributed by atoms with van der Waals surface area (Å²) in [5.41, 5.74) is 0. The van der Waals surface area contributed by atoms with Crippen molar-refractivity contribution in [2.75, 3.05) is 0 Å². The lowest BCUT2D eigenvalue weighted by Crippen LogP contribution is -2.46. The molecule has 5 nitrogen and oxygen atoms in total. The van der Waals surface area contributed by atoms with E-state index in [0.29, 0.717) is 5.02 Å². The van der Waals surface area contributed by atoms with Crippen LogP contribution in [0.3, 0.4) is 0 Å². The maximum atomic E-state index is 11.1. The first-order chi connectivity index (χ1) is 7.41. The second kappa shape index (κ2) is 5.32.